The van der Waals surface area contributed by atoms with E-state index in [2.05, 4.69) is 19.4 Å². The summed E-state index contributed by atoms with van der Waals surface area (Å²) in [4.78, 5) is 9.24. The minimum absolute atomic E-state index is 0.00743. The number of carbonyl (C=O) groups is 1. The lowest BCUT2D eigenvalue weighted by Gasteiger charge is -2.21. The molecule has 1 heterocycles. The number of amides is 1. The van der Waals surface area contributed by atoms with Crippen LogP contribution in [0.4, 0.5) is 13.2 Å². The van der Waals surface area contributed by atoms with Crippen LogP contribution in [0.5, 0.6) is 0 Å². The van der Waals surface area contributed by atoms with E-state index in [4.69, 9.17) is 0 Å². The highest BCUT2D eigenvalue weighted by Gasteiger charge is 2.25. The van der Waals surface area contributed by atoms with Crippen LogP contribution in [0.1, 0.15) is 0 Å². The summed E-state index contributed by atoms with van der Waals surface area (Å²) in [6.07, 6.45) is -4.28. The Morgan fingerprint density at radius 3 is 2.13 bits per heavy atom. The van der Waals surface area contributed by atoms with Gasteiger partial charge in [-0.15, -0.1) is 0 Å². The first kappa shape index (κ1) is 14.6. The van der Waals surface area contributed by atoms with Crippen LogP contribution in [0.15, 0.2) is 0 Å². The van der Waals surface area contributed by atoms with Gasteiger partial charge in [-0.2, -0.15) is 13.2 Å². The summed E-state index contributed by atoms with van der Waals surface area (Å²) in [7, 11) is 2.70. The summed E-state index contributed by atoms with van der Waals surface area (Å²) < 4.78 is 35.3. The number of hydrogen-bond acceptors (Lipinski definition) is 3. The summed E-state index contributed by atoms with van der Waals surface area (Å²) in [6.45, 7) is 3.37. The molecule has 4 nitrogen and oxygen atoms in total. The lowest BCUT2D eigenvalue weighted by Crippen LogP contribution is -2.37. The zero-order valence-electron chi connectivity index (χ0n) is 8.18. The predicted molar refractivity (Wildman–Crippen MR) is 54.3 cm³/mol. The molecule has 1 amide bonds. The van der Waals surface area contributed by atoms with Crippen LogP contribution in [0.3, 0.4) is 0 Å². The largest absolute Gasteiger partial charge is 0.405 e. The van der Waals surface area contributed by atoms with Gasteiger partial charge in [-0.05, 0) is 0 Å². The quantitative estimate of drug-likeness (QED) is 0.530. The van der Waals surface area contributed by atoms with Crippen LogP contribution in [-0.4, -0.2) is 50.0 Å². The number of carbonyl (C=O) groups excluding carboxylic acids is 1. The van der Waals surface area contributed by atoms with Crippen molar-refractivity contribution in [3.8, 4) is 0 Å². The van der Waals surface area contributed by atoms with Gasteiger partial charge < -0.3 is 10.6 Å². The highest BCUT2D eigenvalue weighted by atomic mass is 31.0. The van der Waals surface area contributed by atoms with E-state index in [1.165, 1.54) is 18.4 Å². The van der Waals surface area contributed by atoms with Crippen LogP contribution in [0, 0.1) is 0 Å². The molecule has 90 valence electrons. The molecule has 0 radical (unpaired) electrons. The Balaban J connectivity index is 0.000000262. The number of hydrogen-bond donors (Lipinski definition) is 2. The fourth-order valence-corrected chi connectivity index (χ4v) is 1.10. The molecule has 1 saturated heterocycles. The van der Waals surface area contributed by atoms with Gasteiger partial charge in [0, 0.05) is 26.2 Å². The van der Waals surface area contributed by atoms with Gasteiger partial charge in [-0.25, -0.2) is 0 Å². The molecule has 1 unspecified atom stereocenters. The Bertz CT molecular complexity index is 173. The van der Waals surface area contributed by atoms with Gasteiger partial charge in [0.15, 0.2) is 0 Å². The Labute approximate surface area is 88.8 Å². The van der Waals surface area contributed by atoms with Crippen molar-refractivity contribution in [3.63, 3.8) is 0 Å². The minimum atomic E-state index is -4.29. The highest BCUT2D eigenvalue weighted by Crippen LogP contribution is 2.11. The molecule has 1 rings (SSSR count). The van der Waals surface area contributed by atoms with Gasteiger partial charge in [-0.3, -0.25) is 9.46 Å². The zero-order chi connectivity index (χ0) is 11.7. The second-order valence-corrected chi connectivity index (χ2v) is 3.63. The van der Waals surface area contributed by atoms with Crippen LogP contribution in [0.2, 0.25) is 0 Å². The normalized spacial score (nSPS) is 17.6. The monoisotopic (exact) mass is 245 g/mol. The van der Waals surface area contributed by atoms with Gasteiger partial charge in [-0.1, -0.05) is 9.39 Å². The van der Waals surface area contributed by atoms with E-state index in [1.54, 1.807) is 0 Å². The second kappa shape index (κ2) is 7.84. The van der Waals surface area contributed by atoms with Crippen LogP contribution in [0.25, 0.3) is 0 Å². The van der Waals surface area contributed by atoms with Crippen molar-refractivity contribution in [1.29, 1.82) is 0 Å². The van der Waals surface area contributed by atoms with Gasteiger partial charge in [0.1, 0.15) is 6.54 Å². The Hall–Kier alpha value is -0.390. The van der Waals surface area contributed by atoms with E-state index in [0.717, 1.165) is 13.1 Å². The third-order valence-electron chi connectivity index (χ3n) is 1.54. The molecule has 2 N–H and O–H groups in total. The maximum atomic E-state index is 11.0. The van der Waals surface area contributed by atoms with Crippen molar-refractivity contribution in [2.75, 3.05) is 32.7 Å². The summed E-state index contributed by atoms with van der Waals surface area (Å²) >= 11 is 0. The van der Waals surface area contributed by atoms with Crippen molar-refractivity contribution < 1.29 is 18.0 Å². The van der Waals surface area contributed by atoms with Crippen molar-refractivity contribution >= 4 is 15.8 Å². The molecule has 0 bridgehead atoms. The summed E-state index contributed by atoms with van der Waals surface area (Å²) in [5, 5.41) is 4.74. The fourth-order valence-electron chi connectivity index (χ4n) is 0.840. The summed E-state index contributed by atoms with van der Waals surface area (Å²) in [6, 6.07) is 0. The van der Waals surface area contributed by atoms with Gasteiger partial charge in [0.05, 0.1) is 0 Å². The smallest absolute Gasteiger partial charge is 0.350 e. The third kappa shape index (κ3) is 11.5. The molecule has 0 aromatic rings. The van der Waals surface area contributed by atoms with Crippen LogP contribution >= 0.6 is 9.39 Å². The molecule has 1 aliphatic rings. The molecule has 1 atom stereocenters. The summed E-state index contributed by atoms with van der Waals surface area (Å²) in [5.41, 5.74) is 0. The molecule has 1 fully saturated rings. The van der Waals surface area contributed by atoms with Crippen molar-refractivity contribution in [1.82, 2.24) is 15.3 Å². The van der Waals surface area contributed by atoms with E-state index in [9.17, 15) is 18.0 Å². The molecule has 15 heavy (non-hydrogen) atoms. The number of halogens is 3. The minimum Gasteiger partial charge on any atom is -0.350 e. The molecule has 0 aromatic heterocycles. The van der Waals surface area contributed by atoms with Gasteiger partial charge in [0.25, 0.3) is 0 Å². The maximum absolute atomic E-state index is 11.0. The number of piperazine rings is 1. The summed E-state index contributed by atoms with van der Waals surface area (Å²) in [5.74, 6) is 0. The van der Waals surface area contributed by atoms with Crippen LogP contribution in [-0.2, 0) is 4.79 Å². The molecular weight excluding hydrogens is 230 g/mol. The van der Waals surface area contributed by atoms with E-state index >= 15 is 0 Å². The average molecular weight is 245 g/mol. The number of rotatable bonds is 2. The van der Waals surface area contributed by atoms with E-state index in [-0.39, 0.29) is 6.41 Å². The van der Waals surface area contributed by atoms with Crippen LogP contribution < -0.4 is 10.6 Å². The molecule has 0 aliphatic carbocycles. The highest BCUT2D eigenvalue weighted by molar-refractivity contribution is 7.13. The predicted octanol–water partition coefficient (Wildman–Crippen LogP) is -0.0236. The topological polar surface area (TPSA) is 44.4 Å². The maximum Gasteiger partial charge on any atom is 0.405 e. The third-order valence-corrected chi connectivity index (χ3v) is 2.05. The van der Waals surface area contributed by atoms with E-state index < -0.39 is 12.7 Å². The number of alkyl halides is 3. The molecule has 0 aromatic carbocycles. The van der Waals surface area contributed by atoms with E-state index in [1.807, 2.05) is 0 Å². The Morgan fingerprint density at radius 2 is 1.93 bits per heavy atom. The number of nitrogens with zero attached hydrogens (tertiary/aromatic N) is 1. The SMILES string of the molecule is O=CNCC(F)(F)F.PN1CCNCC1. The molecule has 0 saturated carbocycles. The Kier molecular flexibility index (Phi) is 7.64. The van der Waals surface area contributed by atoms with Gasteiger partial charge in [0.2, 0.25) is 6.41 Å². The average Bonchev–Trinajstić information content (AvgIpc) is 2.16. The first-order valence-corrected chi connectivity index (χ1v) is 4.91. The zero-order valence-corrected chi connectivity index (χ0v) is 9.33. The molecule has 8 heteroatoms. The standard InChI is InChI=1S/C4H11N2P.C3H4F3NO/c7-6-3-1-5-2-4-6;4-3(5,6)1-7-2-8/h5H,1-4,7H2;2H,1H2,(H,7,8). The molecule has 0 spiro atoms. The number of nitrogens with one attached hydrogen (secondary N) is 2. The van der Waals surface area contributed by atoms with Gasteiger partial charge >= 0.3 is 6.18 Å². The van der Waals surface area contributed by atoms with E-state index in [0.29, 0.717) is 0 Å². The van der Waals surface area contributed by atoms with Crippen molar-refractivity contribution in [2.24, 2.45) is 0 Å². The Morgan fingerprint density at radius 1 is 1.40 bits per heavy atom. The lowest BCUT2D eigenvalue weighted by molar-refractivity contribution is -0.132. The lowest BCUT2D eigenvalue weighted by atomic mass is 10.4. The molecular formula is C7H15F3N3OP. The van der Waals surface area contributed by atoms with Crippen molar-refractivity contribution in [2.45, 2.75) is 6.18 Å². The second-order valence-electron chi connectivity index (χ2n) is 2.90. The fraction of sp³-hybridized carbons (Fsp3) is 0.857. The molecule has 1 aliphatic heterocycles. The first-order valence-electron chi connectivity index (χ1n) is 4.40. The van der Waals surface area contributed by atoms with Crippen molar-refractivity contribution in [3.05, 3.63) is 0 Å². The first-order chi connectivity index (χ1) is 6.95.